The molecular weight excluding hydrogens is 254 g/mol. The third-order valence-electron chi connectivity index (χ3n) is 2.85. The Bertz CT molecular complexity index is 603. The van der Waals surface area contributed by atoms with Gasteiger partial charge in [0, 0.05) is 5.56 Å². The number of hydrogen-bond acceptors (Lipinski definition) is 4. The molecule has 0 aliphatic heterocycles. The highest BCUT2D eigenvalue weighted by molar-refractivity contribution is 6.02. The molecule has 0 unspecified atom stereocenters. The summed E-state index contributed by atoms with van der Waals surface area (Å²) in [5, 5.41) is 12.2. The SMILES string of the molecule is Cc1ccc(C(=O)OC/C(=N\O)c2ccccc2)cc1. The third-order valence-corrected chi connectivity index (χ3v) is 2.85. The van der Waals surface area contributed by atoms with Crippen molar-refractivity contribution in [1.82, 2.24) is 0 Å². The van der Waals surface area contributed by atoms with Gasteiger partial charge in [-0.05, 0) is 19.1 Å². The molecule has 2 aromatic rings. The van der Waals surface area contributed by atoms with Gasteiger partial charge in [0.05, 0.1) is 5.56 Å². The van der Waals surface area contributed by atoms with Gasteiger partial charge in [-0.2, -0.15) is 0 Å². The van der Waals surface area contributed by atoms with Crippen molar-refractivity contribution in [3.05, 3.63) is 71.3 Å². The number of benzene rings is 2. The quantitative estimate of drug-likeness (QED) is 0.401. The Morgan fingerprint density at radius 2 is 1.70 bits per heavy atom. The lowest BCUT2D eigenvalue weighted by Gasteiger charge is -2.07. The third kappa shape index (κ3) is 3.45. The van der Waals surface area contributed by atoms with E-state index >= 15 is 0 Å². The van der Waals surface area contributed by atoms with E-state index in [-0.39, 0.29) is 6.61 Å². The van der Waals surface area contributed by atoms with E-state index in [0.29, 0.717) is 16.8 Å². The molecule has 0 aliphatic rings. The first-order valence-electron chi connectivity index (χ1n) is 6.21. The molecule has 1 N–H and O–H groups in total. The van der Waals surface area contributed by atoms with Gasteiger partial charge in [0.1, 0.15) is 12.3 Å². The van der Waals surface area contributed by atoms with Crippen LogP contribution >= 0.6 is 0 Å². The lowest BCUT2D eigenvalue weighted by atomic mass is 10.1. The summed E-state index contributed by atoms with van der Waals surface area (Å²) in [5.41, 5.74) is 2.57. The molecule has 0 aromatic heterocycles. The van der Waals surface area contributed by atoms with Crippen LogP contribution in [0.2, 0.25) is 0 Å². The second kappa shape index (κ2) is 6.52. The number of ether oxygens (including phenoxy) is 1. The molecule has 4 heteroatoms. The van der Waals surface area contributed by atoms with Crippen LogP contribution in [0.1, 0.15) is 21.5 Å². The molecule has 2 aromatic carbocycles. The van der Waals surface area contributed by atoms with Gasteiger partial charge in [-0.15, -0.1) is 0 Å². The van der Waals surface area contributed by atoms with E-state index in [9.17, 15) is 4.79 Å². The number of aryl methyl sites for hydroxylation is 1. The second-order valence-electron chi connectivity index (χ2n) is 4.35. The number of nitrogens with zero attached hydrogens (tertiary/aromatic N) is 1. The smallest absolute Gasteiger partial charge is 0.338 e. The first-order chi connectivity index (χ1) is 9.70. The van der Waals surface area contributed by atoms with Crippen molar-refractivity contribution in [2.24, 2.45) is 5.16 Å². The minimum absolute atomic E-state index is 0.0762. The molecule has 0 fully saturated rings. The van der Waals surface area contributed by atoms with Gasteiger partial charge in [0.25, 0.3) is 0 Å². The number of carbonyl (C=O) groups is 1. The molecule has 0 bridgehead atoms. The first kappa shape index (κ1) is 13.8. The molecule has 20 heavy (non-hydrogen) atoms. The van der Waals surface area contributed by atoms with Crippen molar-refractivity contribution in [2.75, 3.05) is 6.61 Å². The topological polar surface area (TPSA) is 58.9 Å². The van der Waals surface area contributed by atoms with E-state index in [1.54, 1.807) is 24.3 Å². The predicted octanol–water partition coefficient (Wildman–Crippen LogP) is 3.03. The maximum atomic E-state index is 11.8. The normalized spacial score (nSPS) is 11.2. The Labute approximate surface area is 117 Å². The summed E-state index contributed by atoms with van der Waals surface area (Å²) >= 11 is 0. The molecular formula is C16H15NO3. The average Bonchev–Trinajstić information content (AvgIpc) is 2.49. The fraction of sp³-hybridized carbons (Fsp3) is 0.125. The van der Waals surface area contributed by atoms with Gasteiger partial charge in [-0.3, -0.25) is 0 Å². The largest absolute Gasteiger partial charge is 0.455 e. The van der Waals surface area contributed by atoms with Crippen molar-refractivity contribution in [3.8, 4) is 0 Å². The van der Waals surface area contributed by atoms with Gasteiger partial charge >= 0.3 is 5.97 Å². The van der Waals surface area contributed by atoms with Crippen LogP contribution in [-0.4, -0.2) is 23.5 Å². The molecule has 0 saturated heterocycles. The maximum Gasteiger partial charge on any atom is 0.338 e. The van der Waals surface area contributed by atoms with Crippen molar-refractivity contribution in [1.29, 1.82) is 0 Å². The van der Waals surface area contributed by atoms with Crippen LogP contribution in [0, 0.1) is 6.92 Å². The van der Waals surface area contributed by atoms with Crippen molar-refractivity contribution in [2.45, 2.75) is 6.92 Å². The maximum absolute atomic E-state index is 11.8. The summed E-state index contributed by atoms with van der Waals surface area (Å²) < 4.78 is 5.15. The zero-order chi connectivity index (χ0) is 14.4. The van der Waals surface area contributed by atoms with Gasteiger partial charge < -0.3 is 9.94 Å². The number of oxime groups is 1. The number of carbonyl (C=O) groups excluding carboxylic acids is 1. The highest BCUT2D eigenvalue weighted by atomic mass is 16.5. The van der Waals surface area contributed by atoms with E-state index in [1.807, 2.05) is 37.3 Å². The molecule has 0 atom stereocenters. The molecule has 4 nitrogen and oxygen atoms in total. The summed E-state index contributed by atoms with van der Waals surface area (Å²) in [4.78, 5) is 11.8. The average molecular weight is 269 g/mol. The lowest BCUT2D eigenvalue weighted by molar-refractivity contribution is 0.0562. The second-order valence-corrected chi connectivity index (χ2v) is 4.35. The van der Waals surface area contributed by atoms with E-state index in [0.717, 1.165) is 5.56 Å². The molecule has 102 valence electrons. The van der Waals surface area contributed by atoms with Crippen LogP contribution in [0.5, 0.6) is 0 Å². The minimum Gasteiger partial charge on any atom is -0.455 e. The van der Waals surface area contributed by atoms with Gasteiger partial charge in [0.15, 0.2) is 0 Å². The number of rotatable bonds is 4. The predicted molar refractivity (Wildman–Crippen MR) is 76.2 cm³/mol. The summed E-state index contributed by atoms with van der Waals surface area (Å²) in [5.74, 6) is -0.443. The van der Waals surface area contributed by atoms with Crippen LogP contribution in [0.3, 0.4) is 0 Å². The van der Waals surface area contributed by atoms with Crippen LogP contribution < -0.4 is 0 Å². The van der Waals surface area contributed by atoms with E-state index in [2.05, 4.69) is 5.16 Å². The van der Waals surface area contributed by atoms with Crippen LogP contribution in [0.4, 0.5) is 0 Å². The standard InChI is InChI=1S/C16H15NO3/c1-12-7-9-14(10-8-12)16(18)20-11-15(17-19)13-5-3-2-4-6-13/h2-10,19H,11H2,1H3/b17-15+. The van der Waals surface area contributed by atoms with Crippen LogP contribution in [0.25, 0.3) is 0 Å². The van der Waals surface area contributed by atoms with Crippen LogP contribution in [-0.2, 0) is 4.74 Å². The monoisotopic (exact) mass is 269 g/mol. The summed E-state index contributed by atoms with van der Waals surface area (Å²) in [6, 6.07) is 16.2. The number of esters is 1. The number of hydrogen-bond donors (Lipinski definition) is 1. The fourth-order valence-electron chi connectivity index (χ4n) is 1.71. The van der Waals surface area contributed by atoms with E-state index in [4.69, 9.17) is 9.94 Å². The summed E-state index contributed by atoms with van der Waals surface area (Å²) in [6.07, 6.45) is 0. The highest BCUT2D eigenvalue weighted by Crippen LogP contribution is 2.07. The Hall–Kier alpha value is -2.62. The molecule has 0 aliphatic carbocycles. The van der Waals surface area contributed by atoms with E-state index < -0.39 is 5.97 Å². The van der Waals surface area contributed by atoms with Crippen molar-refractivity contribution >= 4 is 11.7 Å². The Balaban J connectivity index is 2.01. The van der Waals surface area contributed by atoms with Gasteiger partial charge in [-0.1, -0.05) is 53.2 Å². The first-order valence-corrected chi connectivity index (χ1v) is 6.21. The van der Waals surface area contributed by atoms with E-state index in [1.165, 1.54) is 0 Å². The van der Waals surface area contributed by atoms with Crippen LogP contribution in [0.15, 0.2) is 59.8 Å². The fourth-order valence-corrected chi connectivity index (χ4v) is 1.71. The molecule has 0 spiro atoms. The zero-order valence-electron chi connectivity index (χ0n) is 11.1. The minimum atomic E-state index is -0.443. The van der Waals surface area contributed by atoms with Gasteiger partial charge in [0.2, 0.25) is 0 Å². The molecule has 0 radical (unpaired) electrons. The summed E-state index contributed by atoms with van der Waals surface area (Å²) in [7, 11) is 0. The molecule has 0 heterocycles. The molecule has 2 rings (SSSR count). The Morgan fingerprint density at radius 1 is 1.05 bits per heavy atom. The lowest BCUT2D eigenvalue weighted by Crippen LogP contribution is -2.15. The van der Waals surface area contributed by atoms with Gasteiger partial charge in [-0.25, -0.2) is 4.79 Å². The molecule has 0 saturated carbocycles. The molecule has 0 amide bonds. The summed E-state index contributed by atoms with van der Waals surface area (Å²) in [6.45, 7) is 1.87. The zero-order valence-corrected chi connectivity index (χ0v) is 11.1. The Morgan fingerprint density at radius 3 is 2.30 bits per heavy atom. The highest BCUT2D eigenvalue weighted by Gasteiger charge is 2.10. The van der Waals surface area contributed by atoms with Crippen molar-refractivity contribution in [3.63, 3.8) is 0 Å². The Kier molecular flexibility index (Phi) is 4.50. The van der Waals surface area contributed by atoms with Crippen molar-refractivity contribution < 1.29 is 14.7 Å².